The van der Waals surface area contributed by atoms with E-state index in [-0.39, 0.29) is 25.2 Å². The molecule has 5 heteroatoms. The fraction of sp³-hybridized carbons (Fsp3) is 0.273. The number of esters is 1. The number of benzene rings is 2. The van der Waals surface area contributed by atoms with Crippen molar-refractivity contribution in [2.45, 2.75) is 26.8 Å². The zero-order chi connectivity index (χ0) is 19.4. The van der Waals surface area contributed by atoms with Crippen LogP contribution >= 0.6 is 0 Å². The third kappa shape index (κ3) is 4.56. The molecule has 0 saturated carbocycles. The van der Waals surface area contributed by atoms with Gasteiger partial charge in [-0.1, -0.05) is 36.4 Å². The van der Waals surface area contributed by atoms with Crippen LogP contribution in [-0.2, 0) is 14.3 Å². The molecule has 1 atom stereocenters. The molecule has 1 aliphatic heterocycles. The summed E-state index contributed by atoms with van der Waals surface area (Å²) < 4.78 is 10.7. The minimum atomic E-state index is -0.543. The number of aryl methyl sites for hydroxylation is 2. The van der Waals surface area contributed by atoms with Crippen LogP contribution in [0.25, 0.3) is 6.08 Å². The molecule has 0 saturated heterocycles. The molecule has 0 aliphatic carbocycles. The van der Waals surface area contributed by atoms with E-state index in [1.807, 2.05) is 63.2 Å². The minimum Gasteiger partial charge on any atom is -0.488 e. The van der Waals surface area contributed by atoms with Crippen LogP contribution in [-0.4, -0.2) is 25.1 Å². The van der Waals surface area contributed by atoms with E-state index in [1.54, 1.807) is 6.08 Å². The molecular formula is C22H23NO4. The van der Waals surface area contributed by atoms with Crippen molar-refractivity contribution in [2.75, 3.05) is 13.2 Å². The Kier molecular flexibility index (Phi) is 5.60. The molecule has 0 unspecified atom stereocenters. The summed E-state index contributed by atoms with van der Waals surface area (Å²) in [5.41, 5.74) is 4.60. The third-order valence-corrected chi connectivity index (χ3v) is 4.64. The molecule has 1 amide bonds. The molecule has 1 heterocycles. The molecule has 0 radical (unpaired) electrons. The summed E-state index contributed by atoms with van der Waals surface area (Å²) in [7, 11) is 0. The maximum Gasteiger partial charge on any atom is 0.338 e. The van der Waals surface area contributed by atoms with Gasteiger partial charge in [-0.25, -0.2) is 4.79 Å². The van der Waals surface area contributed by atoms with Crippen molar-refractivity contribution in [2.24, 2.45) is 0 Å². The summed E-state index contributed by atoms with van der Waals surface area (Å²) in [6.07, 6.45) is 1.73. The van der Waals surface area contributed by atoms with E-state index >= 15 is 0 Å². The van der Waals surface area contributed by atoms with Gasteiger partial charge in [0.25, 0.3) is 5.91 Å². The highest BCUT2D eigenvalue weighted by Gasteiger charge is 2.19. The molecule has 0 fully saturated rings. The second kappa shape index (κ2) is 8.08. The Hall–Kier alpha value is -3.08. The maximum atomic E-state index is 12.2. The molecular weight excluding hydrogens is 342 g/mol. The second-order valence-corrected chi connectivity index (χ2v) is 6.71. The first-order valence-electron chi connectivity index (χ1n) is 8.90. The Labute approximate surface area is 159 Å². The van der Waals surface area contributed by atoms with Crippen LogP contribution in [0, 0.1) is 13.8 Å². The highest BCUT2D eigenvalue weighted by Crippen LogP contribution is 2.26. The molecule has 140 valence electrons. The van der Waals surface area contributed by atoms with Crippen molar-refractivity contribution in [1.82, 2.24) is 5.32 Å². The van der Waals surface area contributed by atoms with Crippen LogP contribution in [0.4, 0.5) is 0 Å². The second-order valence-electron chi connectivity index (χ2n) is 6.71. The summed E-state index contributed by atoms with van der Waals surface area (Å²) in [4.78, 5) is 24.3. The van der Waals surface area contributed by atoms with Crippen LogP contribution in [0.15, 0.2) is 48.0 Å². The SMILES string of the molecule is Cc1ccc([C@@H](C)NC(=O)COC(=O)C2=Cc3ccccc3OC2)cc1C. The van der Waals surface area contributed by atoms with Gasteiger partial charge in [0.1, 0.15) is 12.4 Å². The lowest BCUT2D eigenvalue weighted by molar-refractivity contribution is -0.145. The Bertz CT molecular complexity index is 901. The van der Waals surface area contributed by atoms with Crippen LogP contribution in [0.3, 0.4) is 0 Å². The largest absolute Gasteiger partial charge is 0.488 e. The fourth-order valence-electron chi connectivity index (χ4n) is 2.86. The van der Waals surface area contributed by atoms with Crippen molar-refractivity contribution in [3.63, 3.8) is 0 Å². The third-order valence-electron chi connectivity index (χ3n) is 4.64. The zero-order valence-corrected chi connectivity index (χ0v) is 15.7. The van der Waals surface area contributed by atoms with Gasteiger partial charge in [0.15, 0.2) is 6.61 Å². The molecule has 1 aliphatic rings. The van der Waals surface area contributed by atoms with Gasteiger partial charge in [-0.15, -0.1) is 0 Å². The van der Waals surface area contributed by atoms with Gasteiger partial charge in [0.05, 0.1) is 11.6 Å². The number of rotatable bonds is 5. The van der Waals surface area contributed by atoms with E-state index in [4.69, 9.17) is 9.47 Å². The first-order valence-corrected chi connectivity index (χ1v) is 8.90. The summed E-state index contributed by atoms with van der Waals surface area (Å²) >= 11 is 0. The highest BCUT2D eigenvalue weighted by atomic mass is 16.5. The van der Waals surface area contributed by atoms with E-state index < -0.39 is 5.97 Å². The fourth-order valence-corrected chi connectivity index (χ4v) is 2.86. The predicted octanol–water partition coefficient (Wildman–Crippen LogP) is 3.50. The van der Waals surface area contributed by atoms with Gasteiger partial charge in [0.2, 0.25) is 0 Å². The van der Waals surface area contributed by atoms with Crippen molar-refractivity contribution < 1.29 is 19.1 Å². The summed E-state index contributed by atoms with van der Waals surface area (Å²) in [5.74, 6) is -0.153. The van der Waals surface area contributed by atoms with Crippen molar-refractivity contribution in [1.29, 1.82) is 0 Å². The molecule has 2 aromatic rings. The number of para-hydroxylation sites is 1. The van der Waals surface area contributed by atoms with Crippen molar-refractivity contribution >= 4 is 18.0 Å². The standard InChI is InChI=1S/C22H23NO4/c1-14-8-9-17(10-15(14)2)16(3)23-21(24)13-27-22(25)19-11-18-6-4-5-7-20(18)26-12-19/h4-11,16H,12-13H2,1-3H3,(H,23,24)/t16-/m1/s1. The first kappa shape index (κ1) is 18.7. The number of hydrogen-bond acceptors (Lipinski definition) is 4. The lowest BCUT2D eigenvalue weighted by Gasteiger charge is -2.18. The lowest BCUT2D eigenvalue weighted by atomic mass is 10.0. The summed E-state index contributed by atoms with van der Waals surface area (Å²) in [6.45, 7) is 5.79. The van der Waals surface area contributed by atoms with E-state index in [0.717, 1.165) is 16.9 Å². The average molecular weight is 365 g/mol. The number of nitrogens with one attached hydrogen (secondary N) is 1. The summed E-state index contributed by atoms with van der Waals surface area (Å²) in [5, 5.41) is 2.85. The van der Waals surface area contributed by atoms with Crippen LogP contribution in [0.2, 0.25) is 0 Å². The minimum absolute atomic E-state index is 0.135. The normalized spacial score (nSPS) is 13.7. The maximum absolute atomic E-state index is 12.2. The number of hydrogen-bond donors (Lipinski definition) is 1. The van der Waals surface area contributed by atoms with Crippen molar-refractivity contribution in [3.05, 3.63) is 70.3 Å². The van der Waals surface area contributed by atoms with Crippen LogP contribution in [0.1, 0.15) is 35.2 Å². The smallest absolute Gasteiger partial charge is 0.338 e. The molecule has 5 nitrogen and oxygen atoms in total. The Morgan fingerprint density at radius 2 is 1.93 bits per heavy atom. The Balaban J connectivity index is 1.54. The van der Waals surface area contributed by atoms with Gasteiger partial charge in [-0.05, 0) is 49.6 Å². The molecule has 0 bridgehead atoms. The Morgan fingerprint density at radius 1 is 1.15 bits per heavy atom. The molecule has 1 N–H and O–H groups in total. The van der Waals surface area contributed by atoms with E-state index in [2.05, 4.69) is 5.32 Å². The molecule has 2 aromatic carbocycles. The van der Waals surface area contributed by atoms with Gasteiger partial charge in [0, 0.05) is 5.56 Å². The number of carbonyl (C=O) groups is 2. The van der Waals surface area contributed by atoms with E-state index in [9.17, 15) is 9.59 Å². The topological polar surface area (TPSA) is 64.6 Å². The van der Waals surface area contributed by atoms with Gasteiger partial charge >= 0.3 is 5.97 Å². The average Bonchev–Trinajstić information content (AvgIpc) is 2.67. The van der Waals surface area contributed by atoms with E-state index in [0.29, 0.717) is 5.57 Å². The number of fused-ring (bicyclic) bond motifs is 1. The van der Waals surface area contributed by atoms with Gasteiger partial charge < -0.3 is 14.8 Å². The highest BCUT2D eigenvalue weighted by molar-refractivity contribution is 5.96. The van der Waals surface area contributed by atoms with E-state index in [1.165, 1.54) is 11.1 Å². The quantitative estimate of drug-likeness (QED) is 0.824. The summed E-state index contributed by atoms with van der Waals surface area (Å²) in [6, 6.07) is 13.3. The van der Waals surface area contributed by atoms with Crippen LogP contribution < -0.4 is 10.1 Å². The molecule has 3 rings (SSSR count). The Morgan fingerprint density at radius 3 is 2.70 bits per heavy atom. The monoisotopic (exact) mass is 365 g/mol. The van der Waals surface area contributed by atoms with Crippen LogP contribution in [0.5, 0.6) is 5.75 Å². The predicted molar refractivity (Wildman–Crippen MR) is 103 cm³/mol. The molecule has 0 aromatic heterocycles. The van der Waals surface area contributed by atoms with Crippen molar-refractivity contribution in [3.8, 4) is 5.75 Å². The number of ether oxygens (including phenoxy) is 2. The zero-order valence-electron chi connectivity index (χ0n) is 15.7. The molecule has 0 spiro atoms. The number of amides is 1. The number of carbonyl (C=O) groups excluding carboxylic acids is 2. The van der Waals surface area contributed by atoms with Gasteiger partial charge in [-0.2, -0.15) is 0 Å². The molecule has 27 heavy (non-hydrogen) atoms. The van der Waals surface area contributed by atoms with Gasteiger partial charge in [-0.3, -0.25) is 4.79 Å². The lowest BCUT2D eigenvalue weighted by Crippen LogP contribution is -2.31. The first-order chi connectivity index (χ1) is 12.9.